The van der Waals surface area contributed by atoms with E-state index in [4.69, 9.17) is 5.11 Å². The van der Waals surface area contributed by atoms with E-state index in [0.717, 1.165) is 17.3 Å². The maximum absolute atomic E-state index is 13.6. The zero-order chi connectivity index (χ0) is 13.1. The average molecular weight is 264 g/mol. The molecule has 2 rings (SSSR count). The number of benzene rings is 1. The number of carbonyl (C=O) groups is 1. The first-order valence-electron chi connectivity index (χ1n) is 5.06. The van der Waals surface area contributed by atoms with Gasteiger partial charge in [-0.2, -0.15) is 0 Å². The molecule has 18 heavy (non-hydrogen) atoms. The van der Waals surface area contributed by atoms with Crippen LogP contribution in [0.2, 0.25) is 0 Å². The third kappa shape index (κ3) is 2.65. The molecule has 4 nitrogen and oxygen atoms in total. The van der Waals surface area contributed by atoms with Crippen LogP contribution in [0.25, 0.3) is 0 Å². The summed E-state index contributed by atoms with van der Waals surface area (Å²) in [5.41, 5.74) is 0.788. The van der Waals surface area contributed by atoms with E-state index in [1.807, 2.05) is 6.92 Å². The Morgan fingerprint density at radius 1 is 1.33 bits per heavy atom. The van der Waals surface area contributed by atoms with Crippen LogP contribution in [0.15, 0.2) is 40.6 Å². The number of aromatic nitrogens is 2. The van der Waals surface area contributed by atoms with Gasteiger partial charge >= 0.3 is 5.97 Å². The van der Waals surface area contributed by atoms with Crippen molar-refractivity contribution in [2.24, 2.45) is 0 Å². The highest BCUT2D eigenvalue weighted by Crippen LogP contribution is 2.30. The average Bonchev–Trinajstić information content (AvgIpc) is 2.34. The Balaban J connectivity index is 2.39. The van der Waals surface area contributed by atoms with Gasteiger partial charge in [0.15, 0.2) is 5.16 Å². The first-order chi connectivity index (χ1) is 8.58. The largest absolute Gasteiger partial charge is 0.478 e. The summed E-state index contributed by atoms with van der Waals surface area (Å²) >= 11 is 0.900. The zero-order valence-corrected chi connectivity index (χ0v) is 10.2. The van der Waals surface area contributed by atoms with E-state index in [1.165, 1.54) is 18.2 Å². The Morgan fingerprint density at radius 2 is 2.00 bits per heavy atom. The van der Waals surface area contributed by atoms with E-state index < -0.39 is 11.8 Å². The number of carboxylic acid groups (broad SMARTS) is 1. The van der Waals surface area contributed by atoms with Crippen LogP contribution >= 0.6 is 11.8 Å². The lowest BCUT2D eigenvalue weighted by molar-refractivity contribution is 0.0692. The second kappa shape index (κ2) is 5.14. The van der Waals surface area contributed by atoms with Crippen LogP contribution in [-0.2, 0) is 0 Å². The van der Waals surface area contributed by atoms with Crippen molar-refractivity contribution in [3.8, 4) is 0 Å². The SMILES string of the molecule is Cc1cnc(Sc2c(F)cccc2C(=O)O)nc1. The highest BCUT2D eigenvalue weighted by molar-refractivity contribution is 7.99. The van der Waals surface area contributed by atoms with Crippen LogP contribution < -0.4 is 0 Å². The molecular formula is C12H9FN2O2S. The van der Waals surface area contributed by atoms with E-state index in [9.17, 15) is 9.18 Å². The molecule has 0 unspecified atom stereocenters. The number of hydrogen-bond acceptors (Lipinski definition) is 4. The summed E-state index contributed by atoms with van der Waals surface area (Å²) in [4.78, 5) is 19.0. The molecule has 1 N–H and O–H groups in total. The molecule has 0 radical (unpaired) electrons. The van der Waals surface area contributed by atoms with Gasteiger partial charge in [-0.1, -0.05) is 6.07 Å². The molecule has 1 heterocycles. The van der Waals surface area contributed by atoms with Crippen molar-refractivity contribution in [1.29, 1.82) is 0 Å². The number of hydrogen-bond donors (Lipinski definition) is 1. The molecule has 0 saturated carbocycles. The van der Waals surface area contributed by atoms with Crippen molar-refractivity contribution in [3.05, 3.63) is 47.5 Å². The molecule has 0 bridgehead atoms. The van der Waals surface area contributed by atoms with E-state index in [-0.39, 0.29) is 10.5 Å². The van der Waals surface area contributed by atoms with Crippen molar-refractivity contribution >= 4 is 17.7 Å². The van der Waals surface area contributed by atoms with Gasteiger partial charge in [-0.3, -0.25) is 0 Å². The molecule has 2 aromatic rings. The van der Waals surface area contributed by atoms with Crippen molar-refractivity contribution in [3.63, 3.8) is 0 Å². The van der Waals surface area contributed by atoms with Gasteiger partial charge in [-0.25, -0.2) is 19.2 Å². The lowest BCUT2D eigenvalue weighted by Crippen LogP contribution is -2.01. The summed E-state index contributed by atoms with van der Waals surface area (Å²) in [6.07, 6.45) is 3.19. The predicted octanol–water partition coefficient (Wildman–Crippen LogP) is 2.77. The molecule has 0 aliphatic heterocycles. The fraction of sp³-hybridized carbons (Fsp3) is 0.0833. The second-order valence-electron chi connectivity index (χ2n) is 3.57. The van der Waals surface area contributed by atoms with Crippen LogP contribution in [-0.4, -0.2) is 21.0 Å². The number of halogens is 1. The predicted molar refractivity (Wildman–Crippen MR) is 64.3 cm³/mol. The van der Waals surface area contributed by atoms with Gasteiger partial charge in [-0.15, -0.1) is 0 Å². The molecular weight excluding hydrogens is 255 g/mol. The summed E-state index contributed by atoms with van der Waals surface area (Å²) in [5.74, 6) is -1.77. The van der Waals surface area contributed by atoms with E-state index >= 15 is 0 Å². The quantitative estimate of drug-likeness (QED) is 0.864. The topological polar surface area (TPSA) is 63.1 Å². The smallest absolute Gasteiger partial charge is 0.336 e. The standard InChI is InChI=1S/C12H9FN2O2S/c1-7-5-14-12(15-6-7)18-10-8(11(16)17)3-2-4-9(10)13/h2-6H,1H3,(H,16,17). The normalized spacial score (nSPS) is 10.3. The summed E-state index contributed by atoms with van der Waals surface area (Å²) in [5, 5.41) is 9.30. The molecule has 92 valence electrons. The number of nitrogens with zero attached hydrogens (tertiary/aromatic N) is 2. The minimum absolute atomic E-state index is 0.0221. The highest BCUT2D eigenvalue weighted by atomic mass is 32.2. The fourth-order valence-corrected chi connectivity index (χ4v) is 2.13. The maximum Gasteiger partial charge on any atom is 0.336 e. The van der Waals surface area contributed by atoms with Gasteiger partial charge in [0, 0.05) is 12.4 Å². The van der Waals surface area contributed by atoms with Gasteiger partial charge in [0.25, 0.3) is 0 Å². The molecule has 1 aromatic heterocycles. The minimum atomic E-state index is -1.18. The molecule has 0 aliphatic carbocycles. The van der Waals surface area contributed by atoms with Gasteiger partial charge in [-0.05, 0) is 36.4 Å². The Labute approximate surface area is 107 Å². The van der Waals surface area contributed by atoms with Gasteiger partial charge in [0.2, 0.25) is 0 Å². The number of aryl methyl sites for hydroxylation is 1. The van der Waals surface area contributed by atoms with Crippen LogP contribution in [0.5, 0.6) is 0 Å². The van der Waals surface area contributed by atoms with Crippen LogP contribution in [0.4, 0.5) is 4.39 Å². The number of carboxylic acids is 1. The molecule has 0 fully saturated rings. The van der Waals surface area contributed by atoms with Gasteiger partial charge < -0.3 is 5.11 Å². The number of aromatic carboxylic acids is 1. The third-order valence-corrected chi connectivity index (χ3v) is 3.16. The first kappa shape index (κ1) is 12.5. The summed E-state index contributed by atoms with van der Waals surface area (Å²) < 4.78 is 13.6. The lowest BCUT2D eigenvalue weighted by atomic mass is 10.2. The Bertz CT molecular complexity index is 587. The zero-order valence-electron chi connectivity index (χ0n) is 9.42. The van der Waals surface area contributed by atoms with Crippen molar-refractivity contribution in [1.82, 2.24) is 9.97 Å². The van der Waals surface area contributed by atoms with Crippen molar-refractivity contribution in [2.75, 3.05) is 0 Å². The number of rotatable bonds is 3. The molecule has 0 atom stereocenters. The van der Waals surface area contributed by atoms with Crippen LogP contribution in [0, 0.1) is 12.7 Å². The summed E-state index contributed by atoms with van der Waals surface area (Å²) in [6, 6.07) is 3.92. The molecule has 6 heteroatoms. The third-order valence-electron chi connectivity index (χ3n) is 2.15. The van der Waals surface area contributed by atoms with E-state index in [2.05, 4.69) is 9.97 Å². The molecule has 0 saturated heterocycles. The van der Waals surface area contributed by atoms with Crippen molar-refractivity contribution < 1.29 is 14.3 Å². The molecule has 0 amide bonds. The second-order valence-corrected chi connectivity index (χ2v) is 4.54. The molecule has 1 aromatic carbocycles. The Kier molecular flexibility index (Phi) is 3.57. The van der Waals surface area contributed by atoms with E-state index in [0.29, 0.717) is 5.16 Å². The van der Waals surface area contributed by atoms with Crippen LogP contribution in [0.1, 0.15) is 15.9 Å². The summed E-state index contributed by atoms with van der Waals surface area (Å²) in [7, 11) is 0. The van der Waals surface area contributed by atoms with Crippen LogP contribution in [0.3, 0.4) is 0 Å². The van der Waals surface area contributed by atoms with Gasteiger partial charge in [0.05, 0.1) is 10.5 Å². The highest BCUT2D eigenvalue weighted by Gasteiger charge is 2.16. The lowest BCUT2D eigenvalue weighted by Gasteiger charge is -2.05. The Morgan fingerprint density at radius 3 is 2.61 bits per heavy atom. The summed E-state index contributed by atoms with van der Waals surface area (Å²) in [6.45, 7) is 1.83. The minimum Gasteiger partial charge on any atom is -0.478 e. The fourth-order valence-electron chi connectivity index (χ4n) is 1.31. The molecule has 0 aliphatic rings. The van der Waals surface area contributed by atoms with Gasteiger partial charge in [0.1, 0.15) is 5.82 Å². The van der Waals surface area contributed by atoms with E-state index in [1.54, 1.807) is 12.4 Å². The first-order valence-corrected chi connectivity index (χ1v) is 5.88. The van der Waals surface area contributed by atoms with Crippen molar-refractivity contribution in [2.45, 2.75) is 17.0 Å². The maximum atomic E-state index is 13.6. The monoisotopic (exact) mass is 264 g/mol. The Hall–Kier alpha value is -1.95. The molecule has 0 spiro atoms.